The van der Waals surface area contributed by atoms with Gasteiger partial charge in [0.2, 0.25) is 22.7 Å². The Kier molecular flexibility index (Phi) is 3.65. The third-order valence-corrected chi connectivity index (χ3v) is 4.46. The molecule has 0 spiro atoms. The van der Waals surface area contributed by atoms with E-state index in [2.05, 4.69) is 4.72 Å². The molecular weight excluding hydrogens is 320 g/mol. The average molecular weight is 336 g/mol. The summed E-state index contributed by atoms with van der Waals surface area (Å²) in [6, 6.07) is 5.27. The molecule has 3 rings (SSSR count). The van der Waals surface area contributed by atoms with Crippen LogP contribution in [0.5, 0.6) is 11.5 Å². The number of para-hydroxylation sites is 1. The molecule has 2 aliphatic rings. The number of benzene rings is 1. The molecule has 0 saturated carbocycles. The zero-order chi connectivity index (χ0) is 16.7. The lowest BCUT2D eigenvalue weighted by atomic mass is 9.82. The highest BCUT2D eigenvalue weighted by atomic mass is 32.2. The minimum absolute atomic E-state index is 0.0768. The highest BCUT2D eigenvalue weighted by Crippen LogP contribution is 2.44. The molecule has 1 atom stereocenters. The van der Waals surface area contributed by atoms with Crippen molar-refractivity contribution < 1.29 is 22.7 Å². The Labute approximate surface area is 133 Å². The summed E-state index contributed by atoms with van der Waals surface area (Å²) in [5.74, 6) is 0.478. The molecule has 0 aromatic heterocycles. The smallest absolute Gasteiger partial charge is 0.248 e. The molecule has 1 heterocycles. The standard InChI is InChI=1S/C15H16N2O5S/c1-23(19,20)17-15(7-5-10(6-8-15)14(16)18)11-3-2-4-12-13(11)22-9-21-12/h2-7,17H,8-9H2,1H3,(H2,16,18). The van der Waals surface area contributed by atoms with Gasteiger partial charge in [0.05, 0.1) is 11.8 Å². The maximum absolute atomic E-state index is 11.9. The second-order valence-electron chi connectivity index (χ2n) is 5.45. The Morgan fingerprint density at radius 1 is 1.35 bits per heavy atom. The van der Waals surface area contributed by atoms with Crippen LogP contribution in [-0.4, -0.2) is 27.4 Å². The SMILES string of the molecule is CS(=O)(=O)NC1(c2cccc3c2OCO3)C=CC(C(N)=O)=CC1. The highest BCUT2D eigenvalue weighted by Gasteiger charge is 2.38. The Morgan fingerprint density at radius 3 is 2.74 bits per heavy atom. The van der Waals surface area contributed by atoms with E-state index in [-0.39, 0.29) is 13.2 Å². The van der Waals surface area contributed by atoms with Crippen molar-refractivity contribution in [2.45, 2.75) is 12.0 Å². The lowest BCUT2D eigenvalue weighted by Gasteiger charge is -2.33. The molecule has 0 saturated heterocycles. The molecule has 1 aliphatic heterocycles. The Morgan fingerprint density at radius 2 is 2.13 bits per heavy atom. The molecular formula is C15H16N2O5S. The summed E-state index contributed by atoms with van der Waals surface area (Å²) >= 11 is 0. The summed E-state index contributed by atoms with van der Waals surface area (Å²) in [7, 11) is -3.53. The Bertz CT molecular complexity index is 828. The second-order valence-corrected chi connectivity index (χ2v) is 7.19. The lowest BCUT2D eigenvalue weighted by Crippen LogP contribution is -2.44. The van der Waals surface area contributed by atoms with Crippen LogP contribution < -0.4 is 19.9 Å². The first-order chi connectivity index (χ1) is 10.8. The van der Waals surface area contributed by atoms with E-state index >= 15 is 0 Å². The molecule has 3 N–H and O–H groups in total. The zero-order valence-corrected chi connectivity index (χ0v) is 13.2. The van der Waals surface area contributed by atoms with Crippen LogP contribution in [0.4, 0.5) is 0 Å². The number of ether oxygens (including phenoxy) is 2. The van der Waals surface area contributed by atoms with Gasteiger partial charge < -0.3 is 15.2 Å². The number of hydrogen-bond acceptors (Lipinski definition) is 5. The molecule has 1 aromatic rings. The van der Waals surface area contributed by atoms with Crippen LogP contribution in [0.2, 0.25) is 0 Å². The molecule has 1 amide bonds. The molecule has 0 fully saturated rings. The summed E-state index contributed by atoms with van der Waals surface area (Å²) < 4.78 is 37.2. The second kappa shape index (κ2) is 5.39. The summed E-state index contributed by atoms with van der Waals surface area (Å²) in [4.78, 5) is 11.3. The maximum Gasteiger partial charge on any atom is 0.248 e. The van der Waals surface area contributed by atoms with E-state index in [0.29, 0.717) is 22.6 Å². The van der Waals surface area contributed by atoms with Crippen molar-refractivity contribution >= 4 is 15.9 Å². The first kappa shape index (κ1) is 15.6. The Balaban J connectivity index is 2.11. The fourth-order valence-corrected chi connectivity index (χ4v) is 3.69. The highest BCUT2D eigenvalue weighted by molar-refractivity contribution is 7.88. The van der Waals surface area contributed by atoms with Crippen LogP contribution in [-0.2, 0) is 20.4 Å². The van der Waals surface area contributed by atoms with Crippen molar-refractivity contribution in [3.05, 3.63) is 47.6 Å². The van der Waals surface area contributed by atoms with Gasteiger partial charge in [-0.2, -0.15) is 0 Å². The first-order valence-electron chi connectivity index (χ1n) is 6.88. The van der Waals surface area contributed by atoms with Crippen LogP contribution in [0, 0.1) is 0 Å². The van der Waals surface area contributed by atoms with Gasteiger partial charge in [-0.3, -0.25) is 4.79 Å². The molecule has 1 aliphatic carbocycles. The zero-order valence-electron chi connectivity index (χ0n) is 12.4. The third kappa shape index (κ3) is 2.95. The van der Waals surface area contributed by atoms with Gasteiger partial charge in [0.25, 0.3) is 0 Å². The number of sulfonamides is 1. The van der Waals surface area contributed by atoms with E-state index < -0.39 is 21.5 Å². The number of fused-ring (bicyclic) bond motifs is 1. The topological polar surface area (TPSA) is 108 Å². The summed E-state index contributed by atoms with van der Waals surface area (Å²) in [6.45, 7) is 0.0768. The van der Waals surface area contributed by atoms with Gasteiger partial charge in [-0.15, -0.1) is 0 Å². The van der Waals surface area contributed by atoms with Crippen molar-refractivity contribution in [3.63, 3.8) is 0 Å². The molecule has 1 unspecified atom stereocenters. The quantitative estimate of drug-likeness (QED) is 0.834. The van der Waals surface area contributed by atoms with E-state index in [0.717, 1.165) is 6.26 Å². The van der Waals surface area contributed by atoms with Crippen LogP contribution in [0.1, 0.15) is 12.0 Å². The number of carbonyl (C=O) groups is 1. The normalized spacial score (nSPS) is 22.7. The monoisotopic (exact) mass is 336 g/mol. The van der Waals surface area contributed by atoms with Crippen molar-refractivity contribution in [2.75, 3.05) is 13.0 Å². The molecule has 8 heteroatoms. The number of hydrogen-bond donors (Lipinski definition) is 2. The van der Waals surface area contributed by atoms with E-state index in [1.807, 2.05) is 0 Å². The van der Waals surface area contributed by atoms with Gasteiger partial charge in [-0.25, -0.2) is 13.1 Å². The number of rotatable bonds is 4. The number of nitrogens with one attached hydrogen (secondary N) is 1. The molecule has 1 aromatic carbocycles. The Hall–Kier alpha value is -2.32. The summed E-state index contributed by atoms with van der Waals surface area (Å²) in [6.07, 6.45) is 6.05. The predicted octanol–water partition coefficient (Wildman–Crippen LogP) is 0.531. The third-order valence-electron chi connectivity index (χ3n) is 3.72. The van der Waals surface area contributed by atoms with Crippen LogP contribution in [0.25, 0.3) is 0 Å². The number of amides is 1. The van der Waals surface area contributed by atoms with E-state index in [9.17, 15) is 13.2 Å². The van der Waals surface area contributed by atoms with Gasteiger partial charge in [0, 0.05) is 11.1 Å². The molecule has 122 valence electrons. The van der Waals surface area contributed by atoms with E-state index in [4.69, 9.17) is 15.2 Å². The molecule has 23 heavy (non-hydrogen) atoms. The fraction of sp³-hybridized carbons (Fsp3) is 0.267. The summed E-state index contributed by atoms with van der Waals surface area (Å²) in [5, 5.41) is 0. The van der Waals surface area contributed by atoms with Gasteiger partial charge >= 0.3 is 0 Å². The van der Waals surface area contributed by atoms with Crippen LogP contribution in [0.3, 0.4) is 0 Å². The molecule has 0 bridgehead atoms. The van der Waals surface area contributed by atoms with Gasteiger partial charge in [-0.1, -0.05) is 30.4 Å². The van der Waals surface area contributed by atoms with Gasteiger partial charge in [0.1, 0.15) is 0 Å². The maximum atomic E-state index is 11.9. The molecule has 0 radical (unpaired) electrons. The summed E-state index contributed by atoms with van der Waals surface area (Å²) in [5.41, 5.74) is 5.16. The van der Waals surface area contributed by atoms with Crippen molar-refractivity contribution in [1.29, 1.82) is 0 Å². The molecule has 7 nitrogen and oxygen atoms in total. The van der Waals surface area contributed by atoms with Crippen molar-refractivity contribution in [2.24, 2.45) is 5.73 Å². The predicted molar refractivity (Wildman–Crippen MR) is 83.3 cm³/mol. The van der Waals surface area contributed by atoms with E-state index in [1.54, 1.807) is 30.4 Å². The average Bonchev–Trinajstić information content (AvgIpc) is 2.94. The van der Waals surface area contributed by atoms with Crippen LogP contribution in [0.15, 0.2) is 42.0 Å². The van der Waals surface area contributed by atoms with Crippen molar-refractivity contribution in [3.8, 4) is 11.5 Å². The lowest BCUT2D eigenvalue weighted by molar-refractivity contribution is -0.114. The minimum atomic E-state index is -3.53. The fourth-order valence-electron chi connectivity index (χ4n) is 2.76. The largest absolute Gasteiger partial charge is 0.454 e. The first-order valence-corrected chi connectivity index (χ1v) is 8.77. The van der Waals surface area contributed by atoms with E-state index in [1.165, 1.54) is 6.08 Å². The minimum Gasteiger partial charge on any atom is -0.454 e. The number of primary amides is 1. The van der Waals surface area contributed by atoms with Crippen molar-refractivity contribution in [1.82, 2.24) is 4.72 Å². The number of carbonyl (C=O) groups excluding carboxylic acids is 1. The van der Waals surface area contributed by atoms with Crippen LogP contribution >= 0.6 is 0 Å². The van der Waals surface area contributed by atoms with Gasteiger partial charge in [-0.05, 0) is 12.5 Å². The number of nitrogens with two attached hydrogens (primary N) is 1. The van der Waals surface area contributed by atoms with Gasteiger partial charge in [0.15, 0.2) is 11.5 Å².